The van der Waals surface area contributed by atoms with Gasteiger partial charge in [-0.15, -0.1) is 0 Å². The molecule has 142 valence electrons. The monoisotopic (exact) mass is 387 g/mol. The number of carbonyl (C=O) groups is 2. The fourth-order valence-electron chi connectivity index (χ4n) is 2.96. The van der Waals surface area contributed by atoms with Gasteiger partial charge < -0.3 is 15.1 Å². The molecule has 1 N–H and O–H groups in total. The minimum atomic E-state index is -0.149. The van der Waals surface area contributed by atoms with Crippen molar-refractivity contribution in [3.05, 3.63) is 52.3 Å². The van der Waals surface area contributed by atoms with Gasteiger partial charge in [0.25, 0.3) is 5.91 Å². The zero-order valence-corrected chi connectivity index (χ0v) is 16.2. The summed E-state index contributed by atoms with van der Waals surface area (Å²) in [7, 11) is 0. The summed E-state index contributed by atoms with van der Waals surface area (Å²) in [5, 5.41) is 3.80. The maximum absolute atomic E-state index is 12.8. The minimum absolute atomic E-state index is 0.0334. The van der Waals surface area contributed by atoms with Gasteiger partial charge in [0.05, 0.1) is 0 Å². The first-order chi connectivity index (χ1) is 12.9. The lowest BCUT2D eigenvalue weighted by molar-refractivity contribution is -0.130. The largest absolute Gasteiger partial charge is 0.350 e. The Labute approximate surface area is 163 Å². The van der Waals surface area contributed by atoms with Gasteiger partial charge in [-0.3, -0.25) is 9.59 Å². The Morgan fingerprint density at radius 2 is 1.78 bits per heavy atom. The fourth-order valence-corrected chi connectivity index (χ4v) is 3.16. The first-order valence-corrected chi connectivity index (χ1v) is 9.19. The topological polar surface area (TPSA) is 78.4 Å². The molecule has 0 saturated carbocycles. The van der Waals surface area contributed by atoms with Gasteiger partial charge in [0.2, 0.25) is 11.9 Å². The fraction of sp³-hybridized carbons (Fsp3) is 0.368. The summed E-state index contributed by atoms with van der Waals surface area (Å²) < 4.78 is 0. The molecule has 2 heterocycles. The quantitative estimate of drug-likeness (QED) is 0.871. The van der Waals surface area contributed by atoms with Crippen LogP contribution in [0.4, 0.5) is 5.95 Å². The maximum atomic E-state index is 12.8. The normalized spacial score (nSPS) is 14.2. The van der Waals surface area contributed by atoms with Crippen LogP contribution < -0.4 is 5.32 Å². The van der Waals surface area contributed by atoms with E-state index in [4.69, 9.17) is 11.6 Å². The van der Waals surface area contributed by atoms with Crippen LogP contribution in [0.15, 0.2) is 30.3 Å². The number of aromatic nitrogens is 2. The van der Waals surface area contributed by atoms with Crippen LogP contribution in [-0.2, 0) is 11.3 Å². The third-order valence-corrected chi connectivity index (χ3v) is 4.85. The van der Waals surface area contributed by atoms with Gasteiger partial charge in [-0.1, -0.05) is 29.8 Å². The van der Waals surface area contributed by atoms with E-state index in [1.165, 1.54) is 0 Å². The van der Waals surface area contributed by atoms with E-state index in [9.17, 15) is 9.59 Å². The number of piperazine rings is 1. The number of benzene rings is 1. The minimum Gasteiger partial charge on any atom is -0.350 e. The molecule has 8 heteroatoms. The molecule has 0 atom stereocenters. The molecule has 1 aliphatic heterocycles. The predicted molar refractivity (Wildman–Crippen MR) is 104 cm³/mol. The molecule has 1 aromatic heterocycles. The zero-order valence-electron chi connectivity index (χ0n) is 15.4. The Kier molecular flexibility index (Phi) is 5.91. The van der Waals surface area contributed by atoms with E-state index in [-0.39, 0.29) is 11.8 Å². The molecule has 2 amide bonds. The molecule has 0 radical (unpaired) electrons. The van der Waals surface area contributed by atoms with E-state index in [1.54, 1.807) is 22.8 Å². The van der Waals surface area contributed by atoms with Gasteiger partial charge in [0, 0.05) is 50.4 Å². The molecule has 0 bridgehead atoms. The van der Waals surface area contributed by atoms with E-state index in [2.05, 4.69) is 15.3 Å². The highest BCUT2D eigenvalue weighted by Gasteiger charge is 2.24. The molecule has 0 unspecified atom stereocenters. The highest BCUT2D eigenvalue weighted by molar-refractivity contribution is 6.31. The van der Waals surface area contributed by atoms with Crippen molar-refractivity contribution in [2.75, 3.05) is 31.5 Å². The lowest BCUT2D eigenvalue weighted by Gasteiger charge is -2.34. The third kappa shape index (κ3) is 4.74. The number of amides is 2. The van der Waals surface area contributed by atoms with Crippen LogP contribution in [0.25, 0.3) is 0 Å². The van der Waals surface area contributed by atoms with Crippen LogP contribution in [0.5, 0.6) is 0 Å². The second-order valence-corrected chi connectivity index (χ2v) is 6.87. The lowest BCUT2D eigenvalue weighted by atomic mass is 10.2. The Hall–Kier alpha value is -2.67. The summed E-state index contributed by atoms with van der Waals surface area (Å²) >= 11 is 6.17. The molecule has 7 nitrogen and oxygen atoms in total. The van der Waals surface area contributed by atoms with Gasteiger partial charge in [0.1, 0.15) is 5.69 Å². The lowest BCUT2D eigenvalue weighted by Crippen LogP contribution is -2.50. The maximum Gasteiger partial charge on any atom is 0.272 e. The summed E-state index contributed by atoms with van der Waals surface area (Å²) in [6.45, 7) is 5.93. The first kappa shape index (κ1) is 19.1. The van der Waals surface area contributed by atoms with E-state index >= 15 is 0 Å². The summed E-state index contributed by atoms with van der Waals surface area (Å²) in [5.74, 6) is 0.274. The van der Waals surface area contributed by atoms with Crippen molar-refractivity contribution in [2.24, 2.45) is 0 Å². The predicted octanol–water partition coefficient (Wildman–Crippen LogP) is 2.35. The molecular formula is C19H22ClN5O2. The number of nitrogens with one attached hydrogen (secondary N) is 1. The molecule has 1 aliphatic rings. The Morgan fingerprint density at radius 1 is 1.11 bits per heavy atom. The number of halogens is 1. The van der Waals surface area contributed by atoms with Crippen LogP contribution in [0.1, 0.15) is 28.7 Å². The van der Waals surface area contributed by atoms with Crippen molar-refractivity contribution < 1.29 is 9.59 Å². The van der Waals surface area contributed by atoms with E-state index < -0.39 is 0 Å². The van der Waals surface area contributed by atoms with Crippen molar-refractivity contribution >= 4 is 29.4 Å². The van der Waals surface area contributed by atoms with Crippen molar-refractivity contribution in [1.29, 1.82) is 0 Å². The van der Waals surface area contributed by atoms with Crippen molar-refractivity contribution in [3.63, 3.8) is 0 Å². The Bertz CT molecular complexity index is 850. The van der Waals surface area contributed by atoms with Crippen molar-refractivity contribution in [1.82, 2.24) is 19.8 Å². The second kappa shape index (κ2) is 8.35. The average Bonchev–Trinajstić information content (AvgIpc) is 2.66. The smallest absolute Gasteiger partial charge is 0.272 e. The Morgan fingerprint density at radius 3 is 2.44 bits per heavy atom. The summed E-state index contributed by atoms with van der Waals surface area (Å²) in [6.07, 6.45) is 0. The van der Waals surface area contributed by atoms with Crippen LogP contribution in [0.2, 0.25) is 5.02 Å². The number of hydrogen-bond donors (Lipinski definition) is 1. The molecule has 27 heavy (non-hydrogen) atoms. The van der Waals surface area contributed by atoms with Crippen LogP contribution in [-0.4, -0.2) is 57.8 Å². The summed E-state index contributed by atoms with van der Waals surface area (Å²) in [4.78, 5) is 36.4. The number of nitrogens with zero attached hydrogens (tertiary/aromatic N) is 4. The highest BCUT2D eigenvalue weighted by atomic mass is 35.5. The van der Waals surface area contributed by atoms with Gasteiger partial charge in [-0.25, -0.2) is 9.97 Å². The number of rotatable bonds is 4. The molecule has 1 aromatic carbocycles. The molecule has 3 rings (SSSR count). The van der Waals surface area contributed by atoms with E-state index in [0.29, 0.717) is 55.1 Å². The average molecular weight is 388 g/mol. The SMILES string of the molecule is CC(=O)N1CCN(C(=O)c2cc(C)nc(NCc3ccccc3Cl)n2)CC1. The van der Waals surface area contributed by atoms with Gasteiger partial charge in [-0.05, 0) is 24.6 Å². The molecular weight excluding hydrogens is 366 g/mol. The van der Waals surface area contributed by atoms with E-state index in [0.717, 1.165) is 5.56 Å². The molecule has 2 aromatic rings. The van der Waals surface area contributed by atoms with Crippen molar-refractivity contribution in [3.8, 4) is 0 Å². The van der Waals surface area contributed by atoms with Crippen LogP contribution in [0, 0.1) is 6.92 Å². The third-order valence-electron chi connectivity index (χ3n) is 4.48. The molecule has 0 aliphatic carbocycles. The summed E-state index contributed by atoms with van der Waals surface area (Å²) in [5.41, 5.74) is 1.98. The molecule has 1 fully saturated rings. The standard InChI is InChI=1S/C19H22ClN5O2/c1-13-11-17(18(27)25-9-7-24(8-10-25)14(2)26)23-19(22-13)21-12-15-5-3-4-6-16(15)20/h3-6,11H,7-10,12H2,1-2H3,(H,21,22,23). The number of anilines is 1. The second-order valence-electron chi connectivity index (χ2n) is 6.46. The van der Waals surface area contributed by atoms with Crippen molar-refractivity contribution in [2.45, 2.75) is 20.4 Å². The van der Waals surface area contributed by atoms with Gasteiger partial charge in [0.15, 0.2) is 0 Å². The van der Waals surface area contributed by atoms with Crippen LogP contribution >= 0.6 is 11.6 Å². The summed E-state index contributed by atoms with van der Waals surface area (Å²) in [6, 6.07) is 9.21. The molecule has 0 spiro atoms. The Balaban J connectivity index is 1.69. The van der Waals surface area contributed by atoms with E-state index in [1.807, 2.05) is 31.2 Å². The van der Waals surface area contributed by atoms with Gasteiger partial charge in [-0.2, -0.15) is 0 Å². The number of aryl methyl sites for hydroxylation is 1. The zero-order chi connectivity index (χ0) is 19.4. The molecule has 1 saturated heterocycles. The first-order valence-electron chi connectivity index (χ1n) is 8.82. The highest BCUT2D eigenvalue weighted by Crippen LogP contribution is 2.16. The number of hydrogen-bond acceptors (Lipinski definition) is 5. The van der Waals surface area contributed by atoms with Crippen LogP contribution in [0.3, 0.4) is 0 Å². The number of carbonyl (C=O) groups excluding carboxylic acids is 2. The van der Waals surface area contributed by atoms with Gasteiger partial charge >= 0.3 is 0 Å².